The fourth-order valence-corrected chi connectivity index (χ4v) is 3.96. The molecule has 7 heteroatoms. The molecule has 1 heterocycles. The monoisotopic (exact) mass is 485 g/mol. The van der Waals surface area contributed by atoms with Crippen LogP contribution in [0.3, 0.4) is 0 Å². The highest BCUT2D eigenvalue weighted by Crippen LogP contribution is 2.36. The van der Waals surface area contributed by atoms with Gasteiger partial charge in [0.15, 0.2) is 11.5 Å². The second-order valence-electron chi connectivity index (χ2n) is 8.63. The molecule has 0 atom stereocenters. The standard InChI is InChI=1S/C29H31N3O4/c1-20(2)31(28(33)22-12-11-15-24(18-22)34-4)19-25-21(3)30-32(23-13-7-6-8-14-23)29(25)36-27-17-10-9-16-26(27)35-5/h6-18,20H,19H2,1-5H3. The maximum Gasteiger partial charge on any atom is 0.254 e. The molecule has 36 heavy (non-hydrogen) atoms. The highest BCUT2D eigenvalue weighted by atomic mass is 16.5. The Labute approximate surface area is 211 Å². The van der Waals surface area contributed by atoms with Crippen LogP contribution in [-0.4, -0.2) is 40.8 Å². The molecule has 0 saturated heterocycles. The molecule has 186 valence electrons. The second kappa shape index (κ2) is 11.0. The Bertz CT molecular complexity index is 1330. The average Bonchev–Trinajstić information content (AvgIpc) is 3.21. The van der Waals surface area contributed by atoms with Crippen molar-refractivity contribution in [3.63, 3.8) is 0 Å². The van der Waals surface area contributed by atoms with Crippen LogP contribution in [0.25, 0.3) is 5.69 Å². The molecule has 0 fully saturated rings. The lowest BCUT2D eigenvalue weighted by molar-refractivity contribution is 0.0688. The van der Waals surface area contributed by atoms with Gasteiger partial charge >= 0.3 is 0 Å². The van der Waals surface area contributed by atoms with Crippen molar-refractivity contribution in [3.05, 3.63) is 95.7 Å². The Hall–Kier alpha value is -4.26. The highest BCUT2D eigenvalue weighted by Gasteiger charge is 2.26. The molecule has 0 unspecified atom stereocenters. The number of methoxy groups -OCH3 is 2. The van der Waals surface area contributed by atoms with Gasteiger partial charge in [-0.05, 0) is 63.2 Å². The molecule has 7 nitrogen and oxygen atoms in total. The summed E-state index contributed by atoms with van der Waals surface area (Å²) >= 11 is 0. The summed E-state index contributed by atoms with van der Waals surface area (Å²) < 4.78 is 19.1. The van der Waals surface area contributed by atoms with Gasteiger partial charge in [-0.1, -0.05) is 36.4 Å². The first kappa shape index (κ1) is 24.9. The van der Waals surface area contributed by atoms with Crippen LogP contribution >= 0.6 is 0 Å². The minimum absolute atomic E-state index is 0.0673. The lowest BCUT2D eigenvalue weighted by Crippen LogP contribution is -2.36. The number of aryl methyl sites for hydroxylation is 1. The summed E-state index contributed by atoms with van der Waals surface area (Å²) in [7, 11) is 3.20. The summed E-state index contributed by atoms with van der Waals surface area (Å²) in [6.45, 7) is 6.24. The van der Waals surface area contributed by atoms with Crippen LogP contribution in [0.2, 0.25) is 0 Å². The van der Waals surface area contributed by atoms with Crippen molar-refractivity contribution in [2.24, 2.45) is 0 Å². The zero-order valence-corrected chi connectivity index (χ0v) is 21.3. The van der Waals surface area contributed by atoms with Gasteiger partial charge < -0.3 is 19.1 Å². The zero-order valence-electron chi connectivity index (χ0n) is 21.3. The first-order valence-electron chi connectivity index (χ1n) is 11.8. The van der Waals surface area contributed by atoms with Crippen molar-refractivity contribution in [2.45, 2.75) is 33.4 Å². The summed E-state index contributed by atoms with van der Waals surface area (Å²) in [5.41, 5.74) is 3.00. The third kappa shape index (κ3) is 5.20. The third-order valence-corrected chi connectivity index (χ3v) is 5.94. The number of hydrogen-bond acceptors (Lipinski definition) is 5. The first-order chi connectivity index (χ1) is 17.4. The predicted molar refractivity (Wildman–Crippen MR) is 139 cm³/mol. The van der Waals surface area contributed by atoms with Gasteiger partial charge in [0.25, 0.3) is 5.91 Å². The van der Waals surface area contributed by atoms with Crippen LogP contribution in [0, 0.1) is 6.92 Å². The van der Waals surface area contributed by atoms with E-state index in [1.165, 1.54) is 0 Å². The number of nitrogens with zero attached hydrogens (tertiary/aromatic N) is 3. The van der Waals surface area contributed by atoms with Crippen molar-refractivity contribution >= 4 is 5.91 Å². The zero-order chi connectivity index (χ0) is 25.7. The molecule has 0 bridgehead atoms. The van der Waals surface area contributed by atoms with Crippen molar-refractivity contribution in [3.8, 4) is 28.8 Å². The number of para-hydroxylation sites is 3. The molecular formula is C29H31N3O4. The molecule has 4 rings (SSSR count). The molecule has 3 aromatic carbocycles. The topological polar surface area (TPSA) is 65.8 Å². The van der Waals surface area contributed by atoms with E-state index in [2.05, 4.69) is 0 Å². The van der Waals surface area contributed by atoms with E-state index in [-0.39, 0.29) is 11.9 Å². The molecular weight excluding hydrogens is 454 g/mol. The summed E-state index contributed by atoms with van der Waals surface area (Å²) in [6.07, 6.45) is 0. The Morgan fingerprint density at radius 3 is 2.28 bits per heavy atom. The van der Waals surface area contributed by atoms with Gasteiger partial charge in [-0.3, -0.25) is 4.79 Å². The van der Waals surface area contributed by atoms with Crippen LogP contribution in [0.1, 0.15) is 35.5 Å². The Balaban J connectivity index is 1.79. The molecule has 0 saturated carbocycles. The van der Waals surface area contributed by atoms with E-state index >= 15 is 0 Å². The molecule has 1 amide bonds. The molecule has 0 aliphatic rings. The number of hydrogen-bond donors (Lipinski definition) is 0. The molecule has 0 aliphatic heterocycles. The normalized spacial score (nSPS) is 10.8. The van der Waals surface area contributed by atoms with Crippen LogP contribution in [0.5, 0.6) is 23.1 Å². The van der Waals surface area contributed by atoms with Gasteiger partial charge in [0.1, 0.15) is 5.75 Å². The van der Waals surface area contributed by atoms with E-state index in [9.17, 15) is 4.79 Å². The van der Waals surface area contributed by atoms with Crippen molar-refractivity contribution in [1.82, 2.24) is 14.7 Å². The highest BCUT2D eigenvalue weighted by molar-refractivity contribution is 5.94. The Kier molecular flexibility index (Phi) is 7.59. The van der Waals surface area contributed by atoms with E-state index in [1.54, 1.807) is 31.0 Å². The van der Waals surface area contributed by atoms with E-state index < -0.39 is 0 Å². The van der Waals surface area contributed by atoms with Gasteiger partial charge in [0.2, 0.25) is 5.88 Å². The summed E-state index contributed by atoms with van der Waals surface area (Å²) in [5.74, 6) is 2.24. The number of benzene rings is 3. The van der Waals surface area contributed by atoms with E-state index in [0.717, 1.165) is 16.9 Å². The largest absolute Gasteiger partial charge is 0.497 e. The smallest absolute Gasteiger partial charge is 0.254 e. The van der Waals surface area contributed by atoms with E-state index in [1.807, 2.05) is 92.4 Å². The molecule has 0 spiro atoms. The fraction of sp³-hybridized carbons (Fsp3) is 0.241. The van der Waals surface area contributed by atoms with Crippen LogP contribution in [-0.2, 0) is 6.54 Å². The predicted octanol–water partition coefficient (Wildman–Crippen LogP) is 6.04. The minimum Gasteiger partial charge on any atom is -0.497 e. The van der Waals surface area contributed by atoms with Crippen molar-refractivity contribution in [1.29, 1.82) is 0 Å². The van der Waals surface area contributed by atoms with Gasteiger partial charge in [0, 0.05) is 11.6 Å². The van der Waals surface area contributed by atoms with Crippen LogP contribution in [0.15, 0.2) is 78.9 Å². The van der Waals surface area contributed by atoms with E-state index in [4.69, 9.17) is 19.3 Å². The number of rotatable bonds is 9. The maximum absolute atomic E-state index is 13.6. The van der Waals surface area contributed by atoms with E-state index in [0.29, 0.717) is 35.2 Å². The maximum atomic E-state index is 13.6. The molecule has 0 aliphatic carbocycles. The molecule has 4 aromatic rings. The lowest BCUT2D eigenvalue weighted by atomic mass is 10.1. The summed E-state index contributed by atoms with van der Waals surface area (Å²) in [4.78, 5) is 15.4. The molecule has 0 radical (unpaired) electrons. The molecule has 0 N–H and O–H groups in total. The number of ether oxygens (including phenoxy) is 3. The SMILES string of the molecule is COc1cccc(C(=O)N(Cc2c(C)nn(-c3ccccc3)c2Oc2ccccc2OC)C(C)C)c1. The fourth-order valence-electron chi connectivity index (χ4n) is 3.96. The minimum atomic E-state index is -0.0981. The van der Waals surface area contributed by atoms with Gasteiger partial charge in [-0.2, -0.15) is 5.10 Å². The van der Waals surface area contributed by atoms with Crippen molar-refractivity contribution < 1.29 is 19.0 Å². The summed E-state index contributed by atoms with van der Waals surface area (Å²) in [6, 6.07) is 24.4. The first-order valence-corrected chi connectivity index (χ1v) is 11.8. The van der Waals surface area contributed by atoms with Crippen LogP contribution < -0.4 is 14.2 Å². The van der Waals surface area contributed by atoms with Crippen molar-refractivity contribution in [2.75, 3.05) is 14.2 Å². The number of carbonyl (C=O) groups is 1. The quantitative estimate of drug-likeness (QED) is 0.289. The number of aromatic nitrogens is 2. The van der Waals surface area contributed by atoms with Gasteiger partial charge in [-0.25, -0.2) is 4.68 Å². The lowest BCUT2D eigenvalue weighted by Gasteiger charge is -2.27. The van der Waals surface area contributed by atoms with Gasteiger partial charge in [-0.15, -0.1) is 0 Å². The average molecular weight is 486 g/mol. The second-order valence-corrected chi connectivity index (χ2v) is 8.63. The summed E-state index contributed by atoms with van der Waals surface area (Å²) in [5, 5.41) is 4.80. The van der Waals surface area contributed by atoms with Gasteiger partial charge in [0.05, 0.1) is 37.7 Å². The van der Waals surface area contributed by atoms with Crippen LogP contribution in [0.4, 0.5) is 0 Å². The molecule has 1 aromatic heterocycles. The Morgan fingerprint density at radius 2 is 1.61 bits per heavy atom. The Morgan fingerprint density at radius 1 is 0.917 bits per heavy atom. The number of amides is 1. The number of carbonyl (C=O) groups excluding carboxylic acids is 1. The third-order valence-electron chi connectivity index (χ3n) is 5.94.